The van der Waals surface area contributed by atoms with Gasteiger partial charge in [0.2, 0.25) is 5.91 Å². The molecule has 5 nitrogen and oxygen atoms in total. The Labute approximate surface area is 160 Å². The van der Waals surface area contributed by atoms with Crippen molar-refractivity contribution >= 4 is 11.8 Å². The number of hydrogen-bond donors (Lipinski definition) is 2. The maximum Gasteiger partial charge on any atom is 0.255 e. The largest absolute Gasteiger partial charge is 0.493 e. The molecule has 2 amide bonds. The lowest BCUT2D eigenvalue weighted by atomic mass is 9.64. The van der Waals surface area contributed by atoms with Crippen LogP contribution in [0.5, 0.6) is 5.75 Å². The van der Waals surface area contributed by atoms with Crippen LogP contribution in [-0.4, -0.2) is 31.5 Å². The Morgan fingerprint density at radius 3 is 2.37 bits per heavy atom. The van der Waals surface area contributed by atoms with Crippen molar-refractivity contribution in [3.63, 3.8) is 0 Å². The lowest BCUT2D eigenvalue weighted by Gasteiger charge is -2.42. The normalized spacial score (nSPS) is 14.7. The van der Waals surface area contributed by atoms with E-state index >= 15 is 0 Å². The number of benzene rings is 2. The van der Waals surface area contributed by atoms with Gasteiger partial charge in [0, 0.05) is 12.0 Å². The molecule has 27 heavy (non-hydrogen) atoms. The summed E-state index contributed by atoms with van der Waals surface area (Å²) in [6.45, 7) is 2.89. The van der Waals surface area contributed by atoms with E-state index in [1.54, 1.807) is 18.2 Å². The van der Waals surface area contributed by atoms with Crippen LogP contribution in [0, 0.1) is 0 Å². The number of nitrogens with one attached hydrogen (secondary N) is 2. The second kappa shape index (κ2) is 8.71. The van der Waals surface area contributed by atoms with E-state index in [0.29, 0.717) is 24.5 Å². The van der Waals surface area contributed by atoms with Crippen molar-refractivity contribution < 1.29 is 14.3 Å². The van der Waals surface area contributed by atoms with Gasteiger partial charge in [0.25, 0.3) is 5.91 Å². The van der Waals surface area contributed by atoms with E-state index in [0.717, 1.165) is 12.8 Å². The van der Waals surface area contributed by atoms with E-state index in [1.165, 1.54) is 12.0 Å². The third kappa shape index (κ3) is 4.48. The Morgan fingerprint density at radius 2 is 1.70 bits per heavy atom. The molecule has 0 aliphatic heterocycles. The second-order valence-electron chi connectivity index (χ2n) is 6.89. The first-order valence-corrected chi connectivity index (χ1v) is 9.47. The molecular formula is C22H26N2O3. The number of para-hydroxylation sites is 1. The fraction of sp³-hybridized carbons (Fsp3) is 0.364. The van der Waals surface area contributed by atoms with E-state index in [1.807, 2.05) is 31.2 Å². The summed E-state index contributed by atoms with van der Waals surface area (Å²) in [7, 11) is 0. The summed E-state index contributed by atoms with van der Waals surface area (Å²) in [4.78, 5) is 24.6. The van der Waals surface area contributed by atoms with Gasteiger partial charge >= 0.3 is 0 Å². The van der Waals surface area contributed by atoms with Crippen molar-refractivity contribution in [2.75, 3.05) is 19.7 Å². The quantitative estimate of drug-likeness (QED) is 0.755. The summed E-state index contributed by atoms with van der Waals surface area (Å²) in [5.74, 6) is 0.0328. The number of rotatable bonds is 8. The summed E-state index contributed by atoms with van der Waals surface area (Å²) in [6.07, 6.45) is 3.33. The molecule has 0 unspecified atom stereocenters. The maximum atomic E-state index is 12.4. The number of ether oxygens (including phenoxy) is 1. The zero-order chi connectivity index (χ0) is 19.1. The second-order valence-corrected chi connectivity index (χ2v) is 6.89. The Bertz CT molecular complexity index is 785. The first-order valence-electron chi connectivity index (χ1n) is 9.47. The molecule has 0 heterocycles. The number of carbonyl (C=O) groups is 2. The molecular weight excluding hydrogens is 340 g/mol. The van der Waals surface area contributed by atoms with E-state index in [9.17, 15) is 9.59 Å². The van der Waals surface area contributed by atoms with Crippen LogP contribution in [0.4, 0.5) is 0 Å². The van der Waals surface area contributed by atoms with Gasteiger partial charge in [-0.1, -0.05) is 48.9 Å². The standard InChI is InChI=1S/C22H26N2O3/c1-2-27-19-12-7-6-11-18(19)21(26)23-15-20(25)24-16-22(13-8-14-22)17-9-4-3-5-10-17/h3-7,9-12H,2,8,13-16H2,1H3,(H,23,26)(H,24,25). The lowest BCUT2D eigenvalue weighted by molar-refractivity contribution is -0.120. The van der Waals surface area contributed by atoms with Gasteiger partial charge in [-0.15, -0.1) is 0 Å². The highest BCUT2D eigenvalue weighted by Crippen LogP contribution is 2.43. The predicted octanol–water partition coefficient (Wildman–Crippen LogP) is 3.05. The Morgan fingerprint density at radius 1 is 1.00 bits per heavy atom. The van der Waals surface area contributed by atoms with Crippen LogP contribution in [0.2, 0.25) is 0 Å². The smallest absolute Gasteiger partial charge is 0.255 e. The van der Waals surface area contributed by atoms with Gasteiger partial charge in [-0.3, -0.25) is 9.59 Å². The predicted molar refractivity (Wildman–Crippen MR) is 105 cm³/mol. The molecule has 1 fully saturated rings. The average molecular weight is 366 g/mol. The van der Waals surface area contributed by atoms with Crippen molar-refractivity contribution in [2.45, 2.75) is 31.6 Å². The Kier molecular flexibility index (Phi) is 6.12. The third-order valence-electron chi connectivity index (χ3n) is 5.16. The minimum Gasteiger partial charge on any atom is -0.493 e. The van der Waals surface area contributed by atoms with E-state index < -0.39 is 0 Å². The molecule has 0 bridgehead atoms. The molecule has 2 aromatic carbocycles. The highest BCUT2D eigenvalue weighted by Gasteiger charge is 2.38. The molecule has 3 rings (SSSR count). The minimum atomic E-state index is -0.310. The molecule has 0 aromatic heterocycles. The first-order chi connectivity index (χ1) is 13.1. The van der Waals surface area contributed by atoms with Crippen LogP contribution in [0.1, 0.15) is 42.1 Å². The summed E-state index contributed by atoms with van der Waals surface area (Å²) < 4.78 is 5.47. The number of hydrogen-bond acceptors (Lipinski definition) is 3. The van der Waals surface area contributed by atoms with Crippen molar-refractivity contribution in [3.8, 4) is 5.75 Å². The fourth-order valence-electron chi connectivity index (χ4n) is 3.48. The van der Waals surface area contributed by atoms with Gasteiger partial charge in [0.15, 0.2) is 0 Å². The molecule has 2 N–H and O–H groups in total. The van der Waals surface area contributed by atoms with Gasteiger partial charge in [-0.25, -0.2) is 0 Å². The summed E-state index contributed by atoms with van der Waals surface area (Å²) >= 11 is 0. The van der Waals surface area contributed by atoms with Crippen molar-refractivity contribution in [1.29, 1.82) is 0 Å². The molecule has 0 spiro atoms. The van der Waals surface area contributed by atoms with E-state index in [-0.39, 0.29) is 23.8 Å². The molecule has 0 atom stereocenters. The van der Waals surface area contributed by atoms with Crippen LogP contribution in [0.25, 0.3) is 0 Å². The van der Waals surface area contributed by atoms with Crippen molar-refractivity contribution in [3.05, 3.63) is 65.7 Å². The highest BCUT2D eigenvalue weighted by molar-refractivity contribution is 5.98. The molecule has 1 saturated carbocycles. The van der Waals surface area contributed by atoms with E-state index in [4.69, 9.17) is 4.74 Å². The van der Waals surface area contributed by atoms with Crippen molar-refractivity contribution in [2.24, 2.45) is 0 Å². The molecule has 1 aliphatic rings. The minimum absolute atomic E-state index is 0.0303. The molecule has 0 saturated heterocycles. The number of carbonyl (C=O) groups excluding carboxylic acids is 2. The van der Waals surface area contributed by atoms with Crippen molar-refractivity contribution in [1.82, 2.24) is 10.6 Å². The van der Waals surface area contributed by atoms with Gasteiger partial charge in [-0.2, -0.15) is 0 Å². The highest BCUT2D eigenvalue weighted by atomic mass is 16.5. The average Bonchev–Trinajstić information content (AvgIpc) is 2.67. The summed E-state index contributed by atoms with van der Waals surface area (Å²) in [5.41, 5.74) is 1.74. The monoisotopic (exact) mass is 366 g/mol. The lowest BCUT2D eigenvalue weighted by Crippen LogP contribution is -2.47. The van der Waals surface area contributed by atoms with Crippen LogP contribution in [0.3, 0.4) is 0 Å². The molecule has 0 radical (unpaired) electrons. The molecule has 142 valence electrons. The van der Waals surface area contributed by atoms with Crippen LogP contribution in [-0.2, 0) is 10.2 Å². The van der Waals surface area contributed by atoms with Crippen LogP contribution >= 0.6 is 0 Å². The first kappa shape index (κ1) is 19.0. The Hall–Kier alpha value is -2.82. The maximum absolute atomic E-state index is 12.4. The zero-order valence-electron chi connectivity index (χ0n) is 15.7. The van der Waals surface area contributed by atoms with Gasteiger partial charge in [-0.05, 0) is 37.5 Å². The third-order valence-corrected chi connectivity index (χ3v) is 5.16. The van der Waals surface area contributed by atoms with Gasteiger partial charge < -0.3 is 15.4 Å². The Balaban J connectivity index is 1.52. The van der Waals surface area contributed by atoms with Crippen LogP contribution < -0.4 is 15.4 Å². The molecule has 1 aliphatic carbocycles. The molecule has 2 aromatic rings. The zero-order valence-corrected chi connectivity index (χ0v) is 15.7. The van der Waals surface area contributed by atoms with Gasteiger partial charge in [0.05, 0.1) is 18.7 Å². The summed E-state index contributed by atoms with van der Waals surface area (Å²) in [6, 6.07) is 17.4. The van der Waals surface area contributed by atoms with Gasteiger partial charge in [0.1, 0.15) is 5.75 Å². The topological polar surface area (TPSA) is 67.4 Å². The summed E-state index contributed by atoms with van der Waals surface area (Å²) in [5, 5.41) is 5.66. The number of amides is 2. The fourth-order valence-corrected chi connectivity index (χ4v) is 3.48. The van der Waals surface area contributed by atoms with E-state index in [2.05, 4.69) is 22.8 Å². The van der Waals surface area contributed by atoms with Crippen LogP contribution in [0.15, 0.2) is 54.6 Å². The molecule has 5 heteroatoms. The SMILES string of the molecule is CCOc1ccccc1C(=O)NCC(=O)NCC1(c2ccccc2)CCC1.